The number of carbonyl (C=O) groups excluding carboxylic acids is 1. The Morgan fingerprint density at radius 3 is 2.45 bits per heavy atom. The lowest BCUT2D eigenvalue weighted by molar-refractivity contribution is 0.0588. The van der Waals surface area contributed by atoms with E-state index in [9.17, 15) is 4.79 Å². The van der Waals surface area contributed by atoms with Crippen LogP contribution in [0.4, 0.5) is 10.6 Å². The van der Waals surface area contributed by atoms with Gasteiger partial charge in [-0.1, -0.05) is 13.8 Å². The van der Waals surface area contributed by atoms with E-state index in [1.807, 2.05) is 58.9 Å². The molecular formula is C24H36N4O3. The molecule has 0 aliphatic carbocycles. The first-order valence-corrected chi connectivity index (χ1v) is 10.6. The Kier molecular flexibility index (Phi) is 7.65. The van der Waals surface area contributed by atoms with Crippen LogP contribution in [0.25, 0.3) is 11.3 Å². The first kappa shape index (κ1) is 24.6. The summed E-state index contributed by atoms with van der Waals surface area (Å²) >= 11 is 0. The molecule has 0 bridgehead atoms. The van der Waals surface area contributed by atoms with Crippen LogP contribution >= 0.6 is 0 Å². The molecule has 0 radical (unpaired) electrons. The summed E-state index contributed by atoms with van der Waals surface area (Å²) in [5.41, 5.74) is 7.76. The topological polar surface area (TPSA) is 90.6 Å². The monoisotopic (exact) mass is 428 g/mol. The molecule has 31 heavy (non-hydrogen) atoms. The molecule has 170 valence electrons. The Balaban J connectivity index is 2.16. The number of hydrogen-bond donors (Lipinski definition) is 1. The number of nitrogens with zero attached hydrogens (tertiary/aromatic N) is 3. The van der Waals surface area contributed by atoms with E-state index in [4.69, 9.17) is 15.2 Å². The van der Waals surface area contributed by atoms with E-state index in [0.29, 0.717) is 24.1 Å². The molecule has 2 aromatic rings. The van der Waals surface area contributed by atoms with Gasteiger partial charge >= 0.3 is 6.09 Å². The normalized spacial score (nSPS) is 13.6. The van der Waals surface area contributed by atoms with Crippen LogP contribution in [0.5, 0.6) is 5.75 Å². The molecule has 0 saturated heterocycles. The van der Waals surface area contributed by atoms with Crippen LogP contribution in [0, 0.1) is 12.8 Å². The number of aryl methyl sites for hydroxylation is 1. The maximum absolute atomic E-state index is 12.3. The van der Waals surface area contributed by atoms with E-state index < -0.39 is 17.2 Å². The van der Waals surface area contributed by atoms with Gasteiger partial charge < -0.3 is 15.2 Å². The van der Waals surface area contributed by atoms with Crippen molar-refractivity contribution in [3.63, 3.8) is 0 Å². The summed E-state index contributed by atoms with van der Waals surface area (Å²) in [7, 11) is 1.64. The van der Waals surface area contributed by atoms with E-state index >= 15 is 0 Å². The number of nitrogens with two attached hydrogens (primary N) is 1. The number of aromatic nitrogens is 2. The second kappa shape index (κ2) is 9.64. The van der Waals surface area contributed by atoms with Crippen molar-refractivity contribution >= 4 is 11.9 Å². The SMILES string of the molecule is Cc1nc(-c2ccnc(N(C)C(=O)OC(C)(C)C)c2)ccc1OC[C@](C)(N)CC(C)C. The van der Waals surface area contributed by atoms with Crippen LogP contribution in [0.2, 0.25) is 0 Å². The summed E-state index contributed by atoms with van der Waals surface area (Å²) in [6.45, 7) is 14.1. The molecule has 0 saturated carbocycles. The maximum atomic E-state index is 12.3. The average Bonchev–Trinajstić information content (AvgIpc) is 2.64. The smallest absolute Gasteiger partial charge is 0.415 e. The predicted molar refractivity (Wildman–Crippen MR) is 124 cm³/mol. The molecule has 0 unspecified atom stereocenters. The minimum absolute atomic E-state index is 0.397. The van der Waals surface area contributed by atoms with Gasteiger partial charge in [-0.2, -0.15) is 0 Å². The zero-order valence-corrected chi connectivity index (χ0v) is 20.0. The van der Waals surface area contributed by atoms with Gasteiger partial charge in [0.2, 0.25) is 0 Å². The number of amides is 1. The second-order valence-electron chi connectivity index (χ2n) is 9.76. The van der Waals surface area contributed by atoms with Crippen molar-refractivity contribution in [3.8, 4) is 17.0 Å². The van der Waals surface area contributed by atoms with Gasteiger partial charge in [0.25, 0.3) is 0 Å². The fourth-order valence-corrected chi connectivity index (χ4v) is 3.28. The molecule has 1 amide bonds. The van der Waals surface area contributed by atoms with Gasteiger partial charge in [0, 0.05) is 24.3 Å². The Labute approximate surface area is 186 Å². The third-order valence-corrected chi connectivity index (χ3v) is 4.52. The van der Waals surface area contributed by atoms with Gasteiger partial charge in [-0.3, -0.25) is 4.90 Å². The van der Waals surface area contributed by atoms with Gasteiger partial charge in [-0.25, -0.2) is 14.8 Å². The minimum atomic E-state index is -0.577. The third-order valence-electron chi connectivity index (χ3n) is 4.52. The van der Waals surface area contributed by atoms with Crippen molar-refractivity contribution in [1.82, 2.24) is 9.97 Å². The number of pyridine rings is 2. The number of anilines is 1. The molecule has 0 spiro atoms. The Hall–Kier alpha value is -2.67. The van der Waals surface area contributed by atoms with E-state index in [0.717, 1.165) is 23.4 Å². The fraction of sp³-hybridized carbons (Fsp3) is 0.542. The molecule has 2 rings (SSSR count). The second-order valence-corrected chi connectivity index (χ2v) is 9.76. The summed E-state index contributed by atoms with van der Waals surface area (Å²) < 4.78 is 11.4. The van der Waals surface area contributed by atoms with Crippen molar-refractivity contribution in [3.05, 3.63) is 36.2 Å². The lowest BCUT2D eigenvalue weighted by Crippen LogP contribution is -2.43. The van der Waals surface area contributed by atoms with Crippen molar-refractivity contribution in [2.24, 2.45) is 11.7 Å². The van der Waals surface area contributed by atoms with E-state index in [2.05, 4.69) is 23.8 Å². The fourth-order valence-electron chi connectivity index (χ4n) is 3.28. The van der Waals surface area contributed by atoms with Crippen LogP contribution in [-0.4, -0.2) is 40.9 Å². The van der Waals surface area contributed by atoms with Gasteiger partial charge in [0.1, 0.15) is 23.8 Å². The largest absolute Gasteiger partial charge is 0.490 e. The Bertz CT molecular complexity index is 904. The van der Waals surface area contributed by atoms with Gasteiger partial charge in [0.05, 0.1) is 11.4 Å². The minimum Gasteiger partial charge on any atom is -0.490 e. The molecule has 0 aliphatic heterocycles. The zero-order valence-electron chi connectivity index (χ0n) is 20.0. The number of hydrogen-bond acceptors (Lipinski definition) is 6. The summed E-state index contributed by atoms with van der Waals surface area (Å²) in [6, 6.07) is 7.46. The van der Waals surface area contributed by atoms with Gasteiger partial charge in [-0.05, 0) is 71.2 Å². The van der Waals surface area contributed by atoms with Gasteiger partial charge in [-0.15, -0.1) is 0 Å². The van der Waals surface area contributed by atoms with E-state index in [1.165, 1.54) is 4.90 Å². The third kappa shape index (κ3) is 7.51. The van der Waals surface area contributed by atoms with Crippen molar-refractivity contribution in [1.29, 1.82) is 0 Å². The van der Waals surface area contributed by atoms with Crippen LogP contribution < -0.4 is 15.4 Å². The summed E-state index contributed by atoms with van der Waals surface area (Å²) in [5, 5.41) is 0. The molecule has 0 aliphatic rings. The maximum Gasteiger partial charge on any atom is 0.415 e. The highest BCUT2D eigenvalue weighted by molar-refractivity contribution is 5.86. The first-order valence-electron chi connectivity index (χ1n) is 10.6. The molecular weight excluding hydrogens is 392 g/mol. The molecule has 7 nitrogen and oxygen atoms in total. The van der Waals surface area contributed by atoms with Crippen LogP contribution in [0.1, 0.15) is 53.7 Å². The average molecular weight is 429 g/mol. The molecule has 0 fully saturated rings. The first-order chi connectivity index (χ1) is 14.3. The van der Waals surface area contributed by atoms with Crippen molar-refractivity contribution < 1.29 is 14.3 Å². The number of ether oxygens (including phenoxy) is 2. The van der Waals surface area contributed by atoms with Crippen LogP contribution in [0.3, 0.4) is 0 Å². The molecule has 0 aromatic carbocycles. The highest BCUT2D eigenvalue weighted by atomic mass is 16.6. The zero-order chi connectivity index (χ0) is 23.4. The van der Waals surface area contributed by atoms with Crippen LogP contribution in [-0.2, 0) is 4.74 Å². The summed E-state index contributed by atoms with van der Waals surface area (Å²) in [6.07, 6.45) is 2.07. The molecule has 1 atom stereocenters. The molecule has 2 N–H and O–H groups in total. The number of carbonyl (C=O) groups is 1. The summed E-state index contributed by atoms with van der Waals surface area (Å²) in [4.78, 5) is 22.7. The van der Waals surface area contributed by atoms with Crippen molar-refractivity contribution in [2.45, 2.75) is 66.0 Å². The highest BCUT2D eigenvalue weighted by Gasteiger charge is 2.23. The predicted octanol–water partition coefficient (Wildman–Crippen LogP) is 4.97. The molecule has 2 aromatic heterocycles. The Morgan fingerprint density at radius 2 is 1.87 bits per heavy atom. The number of rotatable bonds is 7. The summed E-state index contributed by atoms with van der Waals surface area (Å²) in [5.74, 6) is 1.70. The van der Waals surface area contributed by atoms with Crippen LogP contribution in [0.15, 0.2) is 30.5 Å². The molecule has 2 heterocycles. The van der Waals surface area contributed by atoms with E-state index in [1.54, 1.807) is 13.2 Å². The lowest BCUT2D eigenvalue weighted by atomic mass is 9.93. The Morgan fingerprint density at radius 1 is 1.19 bits per heavy atom. The highest BCUT2D eigenvalue weighted by Crippen LogP contribution is 2.26. The van der Waals surface area contributed by atoms with E-state index in [-0.39, 0.29) is 0 Å². The standard InChI is InChI=1S/C24H36N4O3/c1-16(2)14-24(7,25)15-30-20-10-9-19(27-17(20)3)18-11-12-26-21(13-18)28(8)22(29)31-23(4,5)6/h9-13,16H,14-15,25H2,1-8H3/t24-/m1/s1. The van der Waals surface area contributed by atoms with Gasteiger partial charge in [0.15, 0.2) is 0 Å². The van der Waals surface area contributed by atoms with Crippen molar-refractivity contribution in [2.75, 3.05) is 18.6 Å². The lowest BCUT2D eigenvalue weighted by Gasteiger charge is -2.27. The quantitative estimate of drug-likeness (QED) is 0.670. The molecule has 7 heteroatoms.